The molecule has 0 saturated carbocycles. The lowest BCUT2D eigenvalue weighted by atomic mass is 9.99. The zero-order valence-electron chi connectivity index (χ0n) is 14.9. The van der Waals surface area contributed by atoms with Crippen LogP contribution >= 0.6 is 0 Å². The molecule has 2 fully saturated rings. The fourth-order valence-electron chi connectivity index (χ4n) is 3.97. The van der Waals surface area contributed by atoms with Gasteiger partial charge in [0, 0.05) is 37.3 Å². The maximum Gasteiger partial charge on any atom is 0.271 e. The molecule has 2 heterocycles. The summed E-state index contributed by atoms with van der Waals surface area (Å²) < 4.78 is 28.2. The van der Waals surface area contributed by atoms with Gasteiger partial charge in [0.2, 0.25) is 10.0 Å². The molecule has 0 N–H and O–H groups in total. The number of rotatable bonds is 3. The first-order chi connectivity index (χ1) is 11.7. The molecule has 0 aliphatic carbocycles. The second kappa shape index (κ2) is 6.66. The third kappa shape index (κ3) is 3.30. The molecule has 2 aliphatic rings. The molecule has 8 heteroatoms. The Morgan fingerprint density at radius 2 is 1.92 bits per heavy atom. The largest absolute Gasteiger partial charge is 0.297 e. The van der Waals surface area contributed by atoms with Crippen LogP contribution in [0.25, 0.3) is 0 Å². The summed E-state index contributed by atoms with van der Waals surface area (Å²) in [7, 11) is -3.77. The van der Waals surface area contributed by atoms with Crippen LogP contribution in [0.15, 0.2) is 17.0 Å². The van der Waals surface area contributed by atoms with E-state index in [1.807, 2.05) is 6.92 Å². The van der Waals surface area contributed by atoms with E-state index >= 15 is 0 Å². The molecule has 138 valence electrons. The molecule has 1 aromatic rings. The van der Waals surface area contributed by atoms with Crippen molar-refractivity contribution in [1.29, 1.82) is 0 Å². The topological polar surface area (TPSA) is 83.8 Å². The van der Waals surface area contributed by atoms with Crippen molar-refractivity contribution in [2.45, 2.75) is 57.0 Å². The highest BCUT2D eigenvalue weighted by Gasteiger charge is 2.40. The molecule has 25 heavy (non-hydrogen) atoms. The van der Waals surface area contributed by atoms with Gasteiger partial charge in [0.15, 0.2) is 0 Å². The van der Waals surface area contributed by atoms with Gasteiger partial charge in [-0.1, -0.05) is 6.42 Å². The summed E-state index contributed by atoms with van der Waals surface area (Å²) in [5.41, 5.74) is 1.03. The lowest BCUT2D eigenvalue weighted by molar-refractivity contribution is -0.385. The van der Waals surface area contributed by atoms with E-state index < -0.39 is 14.9 Å². The summed E-state index contributed by atoms with van der Waals surface area (Å²) in [6.45, 7) is 7.55. The van der Waals surface area contributed by atoms with Gasteiger partial charge in [-0.2, -0.15) is 4.31 Å². The first-order valence-electron chi connectivity index (χ1n) is 8.73. The molecule has 0 bridgehead atoms. The molecular formula is C17H25N3O4S. The Labute approximate surface area is 148 Å². The molecule has 2 atom stereocenters. The first kappa shape index (κ1) is 18.3. The average Bonchev–Trinajstić information content (AvgIpc) is 2.56. The molecule has 2 aliphatic heterocycles. The normalized spacial score (nSPS) is 25.6. The predicted molar refractivity (Wildman–Crippen MR) is 95.1 cm³/mol. The van der Waals surface area contributed by atoms with Crippen LogP contribution in [0.1, 0.15) is 37.3 Å². The van der Waals surface area contributed by atoms with Crippen molar-refractivity contribution in [3.05, 3.63) is 33.4 Å². The number of fused-ring (bicyclic) bond motifs is 1. The number of piperazine rings is 1. The van der Waals surface area contributed by atoms with E-state index in [0.29, 0.717) is 17.7 Å². The minimum absolute atomic E-state index is 0.0651. The molecule has 3 rings (SSSR count). The maximum absolute atomic E-state index is 13.3. The van der Waals surface area contributed by atoms with Gasteiger partial charge in [0.25, 0.3) is 5.69 Å². The average molecular weight is 367 g/mol. The molecular weight excluding hydrogens is 342 g/mol. The van der Waals surface area contributed by atoms with Crippen LogP contribution in [-0.2, 0) is 10.0 Å². The summed E-state index contributed by atoms with van der Waals surface area (Å²) in [4.78, 5) is 13.1. The molecule has 0 radical (unpaired) electrons. The van der Waals surface area contributed by atoms with E-state index in [-0.39, 0.29) is 22.7 Å². The second-order valence-corrected chi connectivity index (χ2v) is 9.07. The smallest absolute Gasteiger partial charge is 0.271 e. The van der Waals surface area contributed by atoms with Crippen LogP contribution in [-0.4, -0.2) is 54.3 Å². The monoisotopic (exact) mass is 367 g/mol. The summed E-state index contributed by atoms with van der Waals surface area (Å²) >= 11 is 0. The third-order valence-corrected chi connectivity index (χ3v) is 7.64. The van der Waals surface area contributed by atoms with Gasteiger partial charge in [-0.05, 0) is 51.3 Å². The van der Waals surface area contributed by atoms with Crippen molar-refractivity contribution >= 4 is 15.7 Å². The number of hydrogen-bond acceptors (Lipinski definition) is 5. The molecule has 2 unspecified atom stereocenters. The lowest BCUT2D eigenvalue weighted by Crippen LogP contribution is -2.59. The van der Waals surface area contributed by atoms with Gasteiger partial charge in [-0.3, -0.25) is 15.0 Å². The number of benzene rings is 1. The summed E-state index contributed by atoms with van der Waals surface area (Å²) in [6, 6.07) is 2.74. The number of non-ortho nitro benzene ring substituents is 1. The van der Waals surface area contributed by atoms with Gasteiger partial charge in [-0.25, -0.2) is 8.42 Å². The van der Waals surface area contributed by atoms with E-state index in [4.69, 9.17) is 0 Å². The van der Waals surface area contributed by atoms with Crippen molar-refractivity contribution in [2.24, 2.45) is 0 Å². The minimum atomic E-state index is -3.77. The van der Waals surface area contributed by atoms with Crippen molar-refractivity contribution < 1.29 is 13.3 Å². The van der Waals surface area contributed by atoms with Crippen molar-refractivity contribution in [2.75, 3.05) is 19.6 Å². The Kier molecular flexibility index (Phi) is 4.87. The van der Waals surface area contributed by atoms with E-state index in [9.17, 15) is 18.5 Å². The number of aryl methyl sites for hydroxylation is 1. The first-order valence-corrected chi connectivity index (χ1v) is 10.2. The van der Waals surface area contributed by atoms with Crippen LogP contribution < -0.4 is 0 Å². The standard InChI is InChI=1S/C17H25N3O4S/c1-12-8-16(20(21)22)9-17(14(12)3)25(23,24)19-11-15-6-4-5-7-18(15)10-13(19)2/h8-9,13,15H,4-7,10-11H2,1-3H3. The molecule has 0 aromatic heterocycles. The van der Waals surface area contributed by atoms with E-state index in [2.05, 4.69) is 4.90 Å². The fourth-order valence-corrected chi connectivity index (χ4v) is 5.95. The SMILES string of the molecule is Cc1cc([N+](=O)[O-])cc(S(=O)(=O)N2CC3CCCCN3CC2C)c1C. The van der Waals surface area contributed by atoms with Crippen LogP contribution in [0.2, 0.25) is 0 Å². The summed E-state index contributed by atoms with van der Waals surface area (Å²) in [5, 5.41) is 11.2. The van der Waals surface area contributed by atoms with E-state index in [0.717, 1.165) is 25.9 Å². The number of piperidine rings is 1. The highest BCUT2D eigenvalue weighted by Crippen LogP contribution is 2.32. The van der Waals surface area contributed by atoms with Gasteiger partial charge in [0.1, 0.15) is 0 Å². The summed E-state index contributed by atoms with van der Waals surface area (Å²) in [6.07, 6.45) is 3.29. The Balaban J connectivity index is 2.00. The van der Waals surface area contributed by atoms with Gasteiger partial charge >= 0.3 is 0 Å². The Morgan fingerprint density at radius 1 is 1.20 bits per heavy atom. The number of hydrogen-bond donors (Lipinski definition) is 0. The Bertz CT molecular complexity index is 793. The fraction of sp³-hybridized carbons (Fsp3) is 0.647. The highest BCUT2D eigenvalue weighted by molar-refractivity contribution is 7.89. The van der Waals surface area contributed by atoms with Crippen molar-refractivity contribution in [3.8, 4) is 0 Å². The zero-order valence-corrected chi connectivity index (χ0v) is 15.8. The van der Waals surface area contributed by atoms with Crippen LogP contribution in [0, 0.1) is 24.0 Å². The zero-order chi connectivity index (χ0) is 18.4. The van der Waals surface area contributed by atoms with Gasteiger partial charge in [0.05, 0.1) is 9.82 Å². The summed E-state index contributed by atoms with van der Waals surface area (Å²) in [5.74, 6) is 0. The molecule has 0 spiro atoms. The quantitative estimate of drug-likeness (QED) is 0.605. The Hall–Kier alpha value is -1.51. The number of nitro benzene ring substituents is 1. The lowest BCUT2D eigenvalue weighted by Gasteiger charge is -2.46. The Morgan fingerprint density at radius 3 is 2.60 bits per heavy atom. The van der Waals surface area contributed by atoms with Crippen molar-refractivity contribution in [3.63, 3.8) is 0 Å². The maximum atomic E-state index is 13.3. The molecule has 2 saturated heterocycles. The molecule has 0 amide bonds. The minimum Gasteiger partial charge on any atom is -0.297 e. The van der Waals surface area contributed by atoms with Gasteiger partial charge < -0.3 is 0 Å². The van der Waals surface area contributed by atoms with Crippen LogP contribution in [0.3, 0.4) is 0 Å². The molecule has 1 aromatic carbocycles. The number of sulfonamides is 1. The van der Waals surface area contributed by atoms with E-state index in [1.54, 1.807) is 18.2 Å². The van der Waals surface area contributed by atoms with E-state index in [1.165, 1.54) is 18.6 Å². The highest BCUT2D eigenvalue weighted by atomic mass is 32.2. The third-order valence-electron chi connectivity index (χ3n) is 5.53. The van der Waals surface area contributed by atoms with Crippen molar-refractivity contribution in [1.82, 2.24) is 9.21 Å². The van der Waals surface area contributed by atoms with Gasteiger partial charge in [-0.15, -0.1) is 0 Å². The van der Waals surface area contributed by atoms with Crippen LogP contribution in [0.4, 0.5) is 5.69 Å². The number of nitrogens with zero attached hydrogens (tertiary/aromatic N) is 3. The molecule has 7 nitrogen and oxygen atoms in total. The second-order valence-electron chi connectivity index (χ2n) is 7.21. The van der Waals surface area contributed by atoms with Crippen LogP contribution in [0.5, 0.6) is 0 Å². The number of nitro groups is 1. The predicted octanol–water partition coefficient (Wildman–Crippen LogP) is 2.46.